The highest BCUT2D eigenvalue weighted by molar-refractivity contribution is 5.99. The van der Waals surface area contributed by atoms with Crippen LogP contribution in [0.1, 0.15) is 23.6 Å². The summed E-state index contributed by atoms with van der Waals surface area (Å²) in [5.41, 5.74) is 6.04. The Balaban J connectivity index is 1.27. The maximum absolute atomic E-state index is 12.7. The minimum Gasteiger partial charge on any atom is -0.368 e. The molecule has 3 aromatic carbocycles. The Hall–Kier alpha value is -3.80. The van der Waals surface area contributed by atoms with E-state index in [1.54, 1.807) is 0 Å². The molecule has 1 heterocycles. The molecular formula is C28H32N4O2. The van der Waals surface area contributed by atoms with Crippen LogP contribution in [0.2, 0.25) is 0 Å². The summed E-state index contributed by atoms with van der Waals surface area (Å²) in [5, 5.41) is 5.77. The fourth-order valence-corrected chi connectivity index (χ4v) is 4.22. The molecule has 3 amide bonds. The average molecular weight is 457 g/mol. The van der Waals surface area contributed by atoms with E-state index in [0.717, 1.165) is 47.7 Å². The Morgan fingerprint density at radius 1 is 0.824 bits per heavy atom. The van der Waals surface area contributed by atoms with Gasteiger partial charge in [-0.1, -0.05) is 43.3 Å². The van der Waals surface area contributed by atoms with Gasteiger partial charge in [-0.15, -0.1) is 0 Å². The van der Waals surface area contributed by atoms with Crippen LogP contribution in [0, 0.1) is 6.92 Å². The number of amides is 3. The van der Waals surface area contributed by atoms with Crippen molar-refractivity contribution < 1.29 is 9.59 Å². The van der Waals surface area contributed by atoms with Crippen molar-refractivity contribution >= 4 is 29.0 Å². The van der Waals surface area contributed by atoms with E-state index in [-0.39, 0.29) is 11.9 Å². The molecule has 0 atom stereocenters. The van der Waals surface area contributed by atoms with Crippen LogP contribution in [-0.4, -0.2) is 43.0 Å². The number of nitrogens with one attached hydrogen (secondary N) is 2. The van der Waals surface area contributed by atoms with Crippen LogP contribution >= 0.6 is 0 Å². The Morgan fingerprint density at radius 2 is 1.53 bits per heavy atom. The monoisotopic (exact) mass is 456 g/mol. The second-order valence-electron chi connectivity index (χ2n) is 8.65. The molecule has 0 aromatic heterocycles. The number of nitrogens with zero attached hydrogens (tertiary/aromatic N) is 2. The first-order valence-corrected chi connectivity index (χ1v) is 11.9. The van der Waals surface area contributed by atoms with Crippen LogP contribution in [0.4, 0.5) is 21.9 Å². The number of hydrogen-bond acceptors (Lipinski definition) is 3. The molecule has 0 unspecified atom stereocenters. The molecule has 1 aliphatic heterocycles. The van der Waals surface area contributed by atoms with E-state index in [2.05, 4.69) is 22.5 Å². The first-order chi connectivity index (χ1) is 16.5. The van der Waals surface area contributed by atoms with Crippen molar-refractivity contribution in [3.8, 4) is 0 Å². The van der Waals surface area contributed by atoms with Gasteiger partial charge < -0.3 is 20.4 Å². The minimum absolute atomic E-state index is 0.184. The molecule has 0 radical (unpaired) electrons. The van der Waals surface area contributed by atoms with Gasteiger partial charge in [-0.2, -0.15) is 0 Å². The number of aryl methyl sites for hydroxylation is 2. The fraction of sp³-hybridized carbons (Fsp3) is 0.286. The van der Waals surface area contributed by atoms with Crippen LogP contribution < -0.4 is 15.5 Å². The highest BCUT2D eigenvalue weighted by Crippen LogP contribution is 2.21. The summed E-state index contributed by atoms with van der Waals surface area (Å²) in [6.07, 6.45) is 1.38. The molecule has 34 heavy (non-hydrogen) atoms. The van der Waals surface area contributed by atoms with E-state index in [1.165, 1.54) is 5.56 Å². The van der Waals surface area contributed by atoms with Gasteiger partial charge in [0.1, 0.15) is 0 Å². The van der Waals surface area contributed by atoms with Crippen molar-refractivity contribution in [3.63, 3.8) is 0 Å². The topological polar surface area (TPSA) is 64.7 Å². The van der Waals surface area contributed by atoms with Gasteiger partial charge in [0.2, 0.25) is 5.91 Å². The maximum atomic E-state index is 12.7. The first-order valence-electron chi connectivity index (χ1n) is 11.9. The lowest BCUT2D eigenvalue weighted by atomic mass is 10.1. The number of piperazine rings is 1. The number of carbonyl (C=O) groups excluding carboxylic acids is 2. The van der Waals surface area contributed by atoms with E-state index < -0.39 is 0 Å². The highest BCUT2D eigenvalue weighted by Gasteiger charge is 2.21. The minimum atomic E-state index is -0.262. The molecule has 3 aromatic rings. The highest BCUT2D eigenvalue weighted by atomic mass is 16.2. The smallest absolute Gasteiger partial charge is 0.323 e. The summed E-state index contributed by atoms with van der Waals surface area (Å²) in [7, 11) is 0. The molecule has 0 saturated carbocycles. The number of carbonyl (C=O) groups is 2. The zero-order valence-electron chi connectivity index (χ0n) is 19.9. The van der Waals surface area contributed by atoms with Crippen molar-refractivity contribution in [3.05, 3.63) is 89.5 Å². The van der Waals surface area contributed by atoms with Gasteiger partial charge in [0.05, 0.1) is 6.42 Å². The lowest BCUT2D eigenvalue weighted by molar-refractivity contribution is -0.130. The number of urea groups is 1. The molecule has 0 aliphatic carbocycles. The Labute approximate surface area is 201 Å². The van der Waals surface area contributed by atoms with E-state index in [9.17, 15) is 9.59 Å². The SMILES string of the molecule is CCc1cccc(NC(=O)Nc2ccc(N3CCN(C(=O)Cc4ccccc4C)CC3)cc2)c1. The van der Waals surface area contributed by atoms with Crippen molar-refractivity contribution in [2.24, 2.45) is 0 Å². The molecule has 1 saturated heterocycles. The second-order valence-corrected chi connectivity index (χ2v) is 8.65. The first kappa shape index (κ1) is 23.4. The molecule has 0 bridgehead atoms. The normalized spacial score (nSPS) is 13.5. The van der Waals surface area contributed by atoms with Gasteiger partial charge in [0.25, 0.3) is 0 Å². The van der Waals surface area contributed by atoms with Gasteiger partial charge >= 0.3 is 6.03 Å². The third kappa shape index (κ3) is 5.95. The summed E-state index contributed by atoms with van der Waals surface area (Å²) < 4.78 is 0. The summed E-state index contributed by atoms with van der Waals surface area (Å²) >= 11 is 0. The second kappa shape index (κ2) is 10.9. The number of rotatable bonds is 6. The van der Waals surface area contributed by atoms with Gasteiger partial charge in [0, 0.05) is 43.2 Å². The van der Waals surface area contributed by atoms with Crippen molar-refractivity contribution in [1.82, 2.24) is 4.90 Å². The summed E-state index contributed by atoms with van der Waals surface area (Å²) in [4.78, 5) is 29.3. The van der Waals surface area contributed by atoms with Crippen molar-refractivity contribution in [2.45, 2.75) is 26.7 Å². The van der Waals surface area contributed by atoms with Gasteiger partial charge in [-0.3, -0.25) is 4.79 Å². The van der Waals surface area contributed by atoms with Crippen LogP contribution in [0.5, 0.6) is 0 Å². The van der Waals surface area contributed by atoms with Crippen LogP contribution in [0.3, 0.4) is 0 Å². The largest absolute Gasteiger partial charge is 0.368 e. The summed E-state index contributed by atoms with van der Waals surface area (Å²) in [6.45, 7) is 7.14. The lowest BCUT2D eigenvalue weighted by Crippen LogP contribution is -2.49. The van der Waals surface area contributed by atoms with Gasteiger partial charge in [-0.05, 0) is 66.4 Å². The van der Waals surface area contributed by atoms with Crippen LogP contribution in [-0.2, 0) is 17.6 Å². The van der Waals surface area contributed by atoms with Crippen LogP contribution in [0.25, 0.3) is 0 Å². The maximum Gasteiger partial charge on any atom is 0.323 e. The predicted molar refractivity (Wildman–Crippen MR) is 139 cm³/mol. The fourth-order valence-electron chi connectivity index (χ4n) is 4.22. The molecule has 176 valence electrons. The Morgan fingerprint density at radius 3 is 2.24 bits per heavy atom. The lowest BCUT2D eigenvalue weighted by Gasteiger charge is -2.36. The molecule has 4 rings (SSSR count). The Kier molecular flexibility index (Phi) is 7.48. The average Bonchev–Trinajstić information content (AvgIpc) is 2.86. The van der Waals surface area contributed by atoms with E-state index in [4.69, 9.17) is 0 Å². The van der Waals surface area contributed by atoms with Gasteiger partial charge in [-0.25, -0.2) is 4.79 Å². The Bertz CT molecular complexity index is 1140. The zero-order chi connectivity index (χ0) is 23.9. The molecule has 6 heteroatoms. The van der Waals surface area contributed by atoms with Crippen LogP contribution in [0.15, 0.2) is 72.8 Å². The van der Waals surface area contributed by atoms with E-state index in [1.807, 2.05) is 84.6 Å². The van der Waals surface area contributed by atoms with Crippen molar-refractivity contribution in [2.75, 3.05) is 41.7 Å². The van der Waals surface area contributed by atoms with Gasteiger partial charge in [0.15, 0.2) is 0 Å². The summed E-state index contributed by atoms with van der Waals surface area (Å²) in [5.74, 6) is 0.184. The number of anilines is 3. The molecule has 2 N–H and O–H groups in total. The number of benzene rings is 3. The molecule has 1 aliphatic rings. The van der Waals surface area contributed by atoms with E-state index >= 15 is 0 Å². The molecule has 0 spiro atoms. The van der Waals surface area contributed by atoms with E-state index in [0.29, 0.717) is 19.5 Å². The molecular weight excluding hydrogens is 424 g/mol. The number of hydrogen-bond donors (Lipinski definition) is 2. The quantitative estimate of drug-likeness (QED) is 0.543. The molecule has 1 fully saturated rings. The third-order valence-corrected chi connectivity index (χ3v) is 6.32. The third-order valence-electron chi connectivity index (χ3n) is 6.32. The zero-order valence-corrected chi connectivity index (χ0v) is 19.9. The van der Waals surface area contributed by atoms with Crippen molar-refractivity contribution in [1.29, 1.82) is 0 Å². The standard InChI is InChI=1S/C28H32N4O2/c1-3-22-8-6-10-25(19-22)30-28(34)29-24-11-13-26(14-12-24)31-15-17-32(18-16-31)27(33)20-23-9-5-4-7-21(23)2/h4-14,19H,3,15-18,20H2,1-2H3,(H2,29,30,34). The summed E-state index contributed by atoms with van der Waals surface area (Å²) in [6, 6.07) is 23.5. The molecule has 6 nitrogen and oxygen atoms in total. The predicted octanol–water partition coefficient (Wildman–Crippen LogP) is 5.09.